The van der Waals surface area contributed by atoms with E-state index in [2.05, 4.69) is 15.5 Å². The number of hydrogen-bond donors (Lipinski definition) is 1. The van der Waals surface area contributed by atoms with E-state index < -0.39 is 0 Å². The lowest BCUT2D eigenvalue weighted by Gasteiger charge is -2.07. The molecule has 4 aromatic rings. The zero-order valence-electron chi connectivity index (χ0n) is 15.8. The number of carbonyl (C=O) groups excluding carboxylic acids is 1. The molecule has 29 heavy (non-hydrogen) atoms. The van der Waals surface area contributed by atoms with Gasteiger partial charge < -0.3 is 9.73 Å². The first kappa shape index (κ1) is 19.5. The molecule has 0 aliphatic heterocycles. The molecule has 0 unspecified atom stereocenters. The molecule has 0 bridgehead atoms. The van der Waals surface area contributed by atoms with E-state index in [4.69, 9.17) is 16.0 Å². The molecule has 0 atom stereocenters. The van der Waals surface area contributed by atoms with Gasteiger partial charge in [0.05, 0.1) is 5.75 Å². The topological polar surface area (TPSA) is 73.0 Å². The third-order valence-corrected chi connectivity index (χ3v) is 5.60. The van der Waals surface area contributed by atoms with Crippen molar-refractivity contribution in [1.29, 1.82) is 0 Å². The molecule has 6 nitrogen and oxygen atoms in total. The predicted octanol–water partition coefficient (Wildman–Crippen LogP) is 4.77. The van der Waals surface area contributed by atoms with Gasteiger partial charge in [-0.2, -0.15) is 0 Å². The summed E-state index contributed by atoms with van der Waals surface area (Å²) in [6.45, 7) is 3.17. The first-order valence-corrected chi connectivity index (χ1v) is 10.6. The average molecular weight is 427 g/mol. The van der Waals surface area contributed by atoms with Crippen LogP contribution in [0.1, 0.15) is 12.5 Å². The van der Waals surface area contributed by atoms with Crippen LogP contribution >= 0.6 is 23.4 Å². The maximum atomic E-state index is 12.2. The highest BCUT2D eigenvalue weighted by Crippen LogP contribution is 2.30. The Morgan fingerprint density at radius 1 is 1.17 bits per heavy atom. The van der Waals surface area contributed by atoms with Gasteiger partial charge >= 0.3 is 0 Å². The molecule has 0 fully saturated rings. The fourth-order valence-corrected chi connectivity index (χ4v) is 3.98. The Balaban J connectivity index is 1.44. The molecule has 4 rings (SSSR count). The molecule has 0 aliphatic carbocycles. The summed E-state index contributed by atoms with van der Waals surface area (Å²) in [6.07, 6.45) is 0. The smallest absolute Gasteiger partial charge is 0.230 e. The van der Waals surface area contributed by atoms with Crippen LogP contribution in [-0.2, 0) is 17.9 Å². The zero-order valence-corrected chi connectivity index (χ0v) is 17.3. The van der Waals surface area contributed by atoms with Crippen molar-refractivity contribution in [2.24, 2.45) is 0 Å². The van der Waals surface area contributed by atoms with E-state index in [1.807, 2.05) is 60.0 Å². The zero-order chi connectivity index (χ0) is 20.2. The van der Waals surface area contributed by atoms with E-state index in [0.717, 1.165) is 16.5 Å². The van der Waals surface area contributed by atoms with Crippen molar-refractivity contribution in [3.63, 3.8) is 0 Å². The number of nitrogens with zero attached hydrogens (tertiary/aromatic N) is 3. The van der Waals surface area contributed by atoms with Gasteiger partial charge in [0.15, 0.2) is 10.9 Å². The molecule has 148 valence electrons. The van der Waals surface area contributed by atoms with Gasteiger partial charge in [0, 0.05) is 23.5 Å². The van der Waals surface area contributed by atoms with Gasteiger partial charge in [-0.05, 0) is 36.8 Å². The molecule has 0 spiro atoms. The van der Waals surface area contributed by atoms with Crippen LogP contribution in [0.15, 0.2) is 64.2 Å². The van der Waals surface area contributed by atoms with Gasteiger partial charge in [-0.15, -0.1) is 10.2 Å². The molecule has 0 saturated heterocycles. The van der Waals surface area contributed by atoms with Gasteiger partial charge in [0.1, 0.15) is 5.58 Å². The van der Waals surface area contributed by atoms with E-state index >= 15 is 0 Å². The number of furan rings is 1. The normalized spacial score (nSPS) is 11.1. The summed E-state index contributed by atoms with van der Waals surface area (Å²) >= 11 is 7.41. The van der Waals surface area contributed by atoms with Crippen LogP contribution in [0.4, 0.5) is 0 Å². The number of carbonyl (C=O) groups is 1. The highest BCUT2D eigenvalue weighted by atomic mass is 35.5. The number of rotatable bonds is 7. The molecule has 0 radical (unpaired) electrons. The van der Waals surface area contributed by atoms with E-state index in [-0.39, 0.29) is 11.7 Å². The van der Waals surface area contributed by atoms with Crippen LogP contribution in [-0.4, -0.2) is 26.4 Å². The molecule has 0 saturated carbocycles. The van der Waals surface area contributed by atoms with Crippen molar-refractivity contribution in [2.45, 2.75) is 25.2 Å². The minimum Gasteiger partial charge on any atom is -0.453 e. The number of hydrogen-bond acceptors (Lipinski definition) is 5. The van der Waals surface area contributed by atoms with Crippen LogP contribution in [0, 0.1) is 0 Å². The number of amides is 1. The van der Waals surface area contributed by atoms with E-state index in [9.17, 15) is 4.79 Å². The second-order valence-electron chi connectivity index (χ2n) is 6.39. The summed E-state index contributed by atoms with van der Waals surface area (Å²) in [7, 11) is 0. The van der Waals surface area contributed by atoms with Crippen LogP contribution in [0.25, 0.3) is 22.6 Å². The largest absolute Gasteiger partial charge is 0.453 e. The van der Waals surface area contributed by atoms with Gasteiger partial charge in [-0.1, -0.05) is 53.7 Å². The van der Waals surface area contributed by atoms with E-state index in [0.29, 0.717) is 34.9 Å². The fraction of sp³-hybridized carbons (Fsp3) is 0.190. The van der Waals surface area contributed by atoms with Crippen LogP contribution in [0.2, 0.25) is 5.02 Å². The minimum absolute atomic E-state index is 0.0514. The first-order valence-electron chi connectivity index (χ1n) is 9.20. The van der Waals surface area contributed by atoms with Crippen molar-refractivity contribution in [1.82, 2.24) is 20.1 Å². The Morgan fingerprint density at radius 3 is 2.79 bits per heavy atom. The Labute approximate surface area is 177 Å². The molecule has 0 aliphatic rings. The van der Waals surface area contributed by atoms with Crippen molar-refractivity contribution >= 4 is 40.2 Å². The Kier molecular flexibility index (Phi) is 5.87. The first-order chi connectivity index (χ1) is 14.1. The maximum Gasteiger partial charge on any atom is 0.230 e. The van der Waals surface area contributed by atoms with Crippen molar-refractivity contribution in [3.05, 3.63) is 65.2 Å². The molecular formula is C21H19ClN4O2S. The summed E-state index contributed by atoms with van der Waals surface area (Å²) in [6, 6.07) is 17.2. The minimum atomic E-state index is -0.0514. The van der Waals surface area contributed by atoms with Crippen LogP contribution in [0.3, 0.4) is 0 Å². The summed E-state index contributed by atoms with van der Waals surface area (Å²) in [4.78, 5) is 12.2. The molecule has 2 aromatic heterocycles. The second kappa shape index (κ2) is 8.71. The number of halogens is 1. The lowest BCUT2D eigenvalue weighted by Crippen LogP contribution is -2.24. The van der Waals surface area contributed by atoms with Crippen molar-refractivity contribution in [2.75, 3.05) is 5.75 Å². The van der Waals surface area contributed by atoms with Gasteiger partial charge in [-0.25, -0.2) is 0 Å². The molecular weight excluding hydrogens is 408 g/mol. The lowest BCUT2D eigenvalue weighted by molar-refractivity contribution is -0.118. The number of nitrogens with one attached hydrogen (secondary N) is 1. The molecule has 8 heteroatoms. The average Bonchev–Trinajstić information content (AvgIpc) is 3.34. The summed E-state index contributed by atoms with van der Waals surface area (Å²) in [5.41, 5.74) is 1.80. The lowest BCUT2D eigenvalue weighted by atomic mass is 10.2. The van der Waals surface area contributed by atoms with Crippen LogP contribution < -0.4 is 5.32 Å². The highest BCUT2D eigenvalue weighted by Gasteiger charge is 2.18. The van der Waals surface area contributed by atoms with Gasteiger partial charge in [0.25, 0.3) is 0 Å². The van der Waals surface area contributed by atoms with Crippen LogP contribution in [0.5, 0.6) is 0 Å². The SMILES string of the molecule is CCn1c(SCC(=O)NCc2ccccc2)nnc1-c1cc2cc(Cl)ccc2o1. The monoisotopic (exact) mass is 426 g/mol. The number of fused-ring (bicyclic) bond motifs is 1. The Morgan fingerprint density at radius 2 is 2.00 bits per heavy atom. The standard InChI is InChI=1S/C21H19ClN4O2S/c1-2-26-20(18-11-15-10-16(22)8-9-17(15)28-18)24-25-21(26)29-13-19(27)23-12-14-6-4-3-5-7-14/h3-11H,2,12-13H2,1H3,(H,23,27). The molecule has 2 heterocycles. The Bertz CT molecular complexity index is 1140. The number of aromatic nitrogens is 3. The summed E-state index contributed by atoms with van der Waals surface area (Å²) in [5, 5.41) is 13.7. The summed E-state index contributed by atoms with van der Waals surface area (Å²) in [5.74, 6) is 1.47. The second-order valence-corrected chi connectivity index (χ2v) is 7.77. The van der Waals surface area contributed by atoms with Crippen molar-refractivity contribution in [3.8, 4) is 11.6 Å². The molecule has 1 N–H and O–H groups in total. The quantitative estimate of drug-likeness (QED) is 0.431. The van der Waals surface area contributed by atoms with Gasteiger partial charge in [0.2, 0.25) is 11.7 Å². The van der Waals surface area contributed by atoms with Crippen molar-refractivity contribution < 1.29 is 9.21 Å². The van der Waals surface area contributed by atoms with E-state index in [1.54, 1.807) is 6.07 Å². The highest BCUT2D eigenvalue weighted by molar-refractivity contribution is 7.99. The third-order valence-electron chi connectivity index (χ3n) is 4.40. The third kappa shape index (κ3) is 4.46. The maximum absolute atomic E-state index is 12.2. The number of benzene rings is 2. The number of thioether (sulfide) groups is 1. The molecule has 1 amide bonds. The predicted molar refractivity (Wildman–Crippen MR) is 115 cm³/mol. The summed E-state index contributed by atoms with van der Waals surface area (Å²) < 4.78 is 7.85. The molecule has 2 aromatic carbocycles. The fourth-order valence-electron chi connectivity index (χ4n) is 2.96. The Hall–Kier alpha value is -2.77. The van der Waals surface area contributed by atoms with E-state index in [1.165, 1.54) is 11.8 Å². The van der Waals surface area contributed by atoms with Gasteiger partial charge in [-0.3, -0.25) is 9.36 Å².